The third kappa shape index (κ3) is 3.78. The maximum absolute atomic E-state index is 10.9. The van der Waals surface area contributed by atoms with Crippen molar-refractivity contribution in [2.75, 3.05) is 6.54 Å². The predicted octanol–water partition coefficient (Wildman–Crippen LogP) is 2.75. The highest BCUT2D eigenvalue weighted by molar-refractivity contribution is 5.69. The van der Waals surface area contributed by atoms with Crippen LogP contribution in [-0.4, -0.2) is 34.6 Å². The van der Waals surface area contributed by atoms with Crippen molar-refractivity contribution in [1.29, 1.82) is 0 Å². The summed E-state index contributed by atoms with van der Waals surface area (Å²) in [6.45, 7) is 6.54. The van der Waals surface area contributed by atoms with Crippen LogP contribution in [0, 0.1) is 5.92 Å². The van der Waals surface area contributed by atoms with Crippen LogP contribution in [0.4, 0.5) is 0 Å². The van der Waals surface area contributed by atoms with E-state index in [1.807, 2.05) is 0 Å². The van der Waals surface area contributed by atoms with E-state index in [0.717, 1.165) is 0 Å². The van der Waals surface area contributed by atoms with Crippen LogP contribution in [0.1, 0.15) is 52.9 Å². The lowest BCUT2D eigenvalue weighted by Gasteiger charge is -2.38. The Morgan fingerprint density at radius 1 is 1.25 bits per heavy atom. The molecule has 1 aliphatic carbocycles. The lowest BCUT2D eigenvalue weighted by molar-refractivity contribution is -0.139. The van der Waals surface area contributed by atoms with Crippen LogP contribution >= 0.6 is 0 Å². The van der Waals surface area contributed by atoms with Gasteiger partial charge in [0.05, 0.1) is 6.54 Å². The van der Waals surface area contributed by atoms with Crippen molar-refractivity contribution in [1.82, 2.24) is 4.90 Å². The Morgan fingerprint density at radius 3 is 2.25 bits per heavy atom. The Hall–Kier alpha value is -0.570. The first-order chi connectivity index (χ1) is 7.52. The van der Waals surface area contributed by atoms with Gasteiger partial charge in [-0.2, -0.15) is 0 Å². The number of carbonyl (C=O) groups is 1. The van der Waals surface area contributed by atoms with Gasteiger partial charge in [0, 0.05) is 12.1 Å². The van der Waals surface area contributed by atoms with E-state index in [-0.39, 0.29) is 6.54 Å². The molecule has 0 bridgehead atoms. The van der Waals surface area contributed by atoms with Gasteiger partial charge in [-0.05, 0) is 39.5 Å². The maximum Gasteiger partial charge on any atom is 0.317 e. The van der Waals surface area contributed by atoms with Gasteiger partial charge in [0.1, 0.15) is 0 Å². The zero-order valence-electron chi connectivity index (χ0n) is 10.8. The zero-order valence-corrected chi connectivity index (χ0v) is 10.8. The fraction of sp³-hybridized carbons (Fsp3) is 0.923. The van der Waals surface area contributed by atoms with E-state index < -0.39 is 5.97 Å². The minimum atomic E-state index is -0.712. The molecule has 3 heteroatoms. The molecule has 0 aromatic carbocycles. The number of nitrogens with zero attached hydrogens (tertiary/aromatic N) is 1. The van der Waals surface area contributed by atoms with Crippen molar-refractivity contribution in [3.8, 4) is 0 Å². The average molecular weight is 227 g/mol. The molecule has 0 spiro atoms. The molecule has 3 nitrogen and oxygen atoms in total. The molecular formula is C13H25NO2. The molecule has 1 atom stereocenters. The third-order valence-electron chi connectivity index (χ3n) is 3.84. The van der Waals surface area contributed by atoms with Gasteiger partial charge in [-0.3, -0.25) is 9.69 Å². The van der Waals surface area contributed by atoms with E-state index in [9.17, 15) is 4.79 Å². The van der Waals surface area contributed by atoms with Gasteiger partial charge in [0.25, 0.3) is 0 Å². The molecule has 1 rings (SSSR count). The zero-order chi connectivity index (χ0) is 12.1. The van der Waals surface area contributed by atoms with Crippen molar-refractivity contribution in [2.45, 2.75) is 65.0 Å². The summed E-state index contributed by atoms with van der Waals surface area (Å²) < 4.78 is 0. The first kappa shape index (κ1) is 13.5. The normalized spacial score (nSPS) is 20.3. The first-order valence-corrected chi connectivity index (χ1v) is 6.50. The van der Waals surface area contributed by atoms with Crippen LogP contribution < -0.4 is 0 Å². The molecule has 1 N–H and O–H groups in total. The van der Waals surface area contributed by atoms with Crippen molar-refractivity contribution in [2.24, 2.45) is 5.92 Å². The van der Waals surface area contributed by atoms with E-state index in [2.05, 4.69) is 25.7 Å². The van der Waals surface area contributed by atoms with Crippen LogP contribution in [0.25, 0.3) is 0 Å². The highest BCUT2D eigenvalue weighted by atomic mass is 16.4. The van der Waals surface area contributed by atoms with Gasteiger partial charge < -0.3 is 5.11 Å². The molecule has 0 aromatic rings. The minimum absolute atomic E-state index is 0.176. The molecule has 0 heterocycles. The molecule has 1 unspecified atom stereocenters. The lowest BCUT2D eigenvalue weighted by atomic mass is 9.83. The smallest absolute Gasteiger partial charge is 0.317 e. The molecule has 16 heavy (non-hydrogen) atoms. The summed E-state index contributed by atoms with van der Waals surface area (Å²) in [5, 5.41) is 8.94. The summed E-state index contributed by atoms with van der Waals surface area (Å²) in [4.78, 5) is 13.0. The van der Waals surface area contributed by atoms with Crippen molar-refractivity contribution in [3.05, 3.63) is 0 Å². The first-order valence-electron chi connectivity index (χ1n) is 6.50. The van der Waals surface area contributed by atoms with Crippen molar-refractivity contribution >= 4 is 5.97 Å². The Kier molecular flexibility index (Phi) is 5.26. The SMILES string of the molecule is CC(C)N(CC(=O)O)C(C)C1CCCCC1. The molecule has 0 saturated heterocycles. The third-order valence-corrected chi connectivity index (χ3v) is 3.84. The Labute approximate surface area is 98.8 Å². The molecule has 0 aliphatic heterocycles. The highest BCUT2D eigenvalue weighted by Gasteiger charge is 2.27. The second-order valence-corrected chi connectivity index (χ2v) is 5.30. The van der Waals surface area contributed by atoms with Crippen molar-refractivity contribution in [3.63, 3.8) is 0 Å². The number of hydrogen-bond acceptors (Lipinski definition) is 2. The molecule has 1 saturated carbocycles. The largest absolute Gasteiger partial charge is 0.480 e. The Bertz CT molecular complexity index is 222. The molecule has 0 amide bonds. The van der Waals surface area contributed by atoms with E-state index >= 15 is 0 Å². The quantitative estimate of drug-likeness (QED) is 0.785. The van der Waals surface area contributed by atoms with E-state index in [1.165, 1.54) is 32.1 Å². The topological polar surface area (TPSA) is 40.5 Å². The van der Waals surface area contributed by atoms with Crippen molar-refractivity contribution < 1.29 is 9.90 Å². The van der Waals surface area contributed by atoms with Crippen LogP contribution in [-0.2, 0) is 4.79 Å². The summed E-state index contributed by atoms with van der Waals surface area (Å²) in [7, 11) is 0. The predicted molar refractivity (Wildman–Crippen MR) is 65.5 cm³/mol. The number of rotatable bonds is 5. The number of hydrogen-bond donors (Lipinski definition) is 1. The molecule has 0 radical (unpaired) electrons. The monoisotopic (exact) mass is 227 g/mol. The molecule has 0 aromatic heterocycles. The molecule has 94 valence electrons. The highest BCUT2D eigenvalue weighted by Crippen LogP contribution is 2.29. The maximum atomic E-state index is 10.9. The number of carboxylic acids is 1. The second kappa shape index (κ2) is 6.24. The van der Waals surface area contributed by atoms with E-state index in [0.29, 0.717) is 18.0 Å². The standard InChI is InChI=1S/C13H25NO2/c1-10(2)14(9-13(15)16)11(3)12-7-5-4-6-8-12/h10-12H,4-9H2,1-3H3,(H,15,16). The van der Waals surface area contributed by atoms with Crippen LogP contribution in [0.5, 0.6) is 0 Å². The van der Waals surface area contributed by atoms with Gasteiger partial charge in [-0.25, -0.2) is 0 Å². The van der Waals surface area contributed by atoms with E-state index in [1.54, 1.807) is 0 Å². The Morgan fingerprint density at radius 2 is 1.81 bits per heavy atom. The molecule has 1 aliphatic rings. The van der Waals surface area contributed by atoms with Crippen LogP contribution in [0.3, 0.4) is 0 Å². The van der Waals surface area contributed by atoms with Crippen LogP contribution in [0.15, 0.2) is 0 Å². The summed E-state index contributed by atoms with van der Waals surface area (Å²) in [5.74, 6) is -0.0214. The van der Waals surface area contributed by atoms with Gasteiger partial charge in [-0.15, -0.1) is 0 Å². The lowest BCUT2D eigenvalue weighted by Crippen LogP contribution is -2.46. The fourth-order valence-electron chi connectivity index (χ4n) is 2.84. The number of aliphatic carboxylic acids is 1. The molecule has 1 fully saturated rings. The summed E-state index contributed by atoms with van der Waals surface area (Å²) in [5.41, 5.74) is 0. The molecular weight excluding hydrogens is 202 g/mol. The summed E-state index contributed by atoms with van der Waals surface area (Å²) in [6, 6.07) is 0.712. The van der Waals surface area contributed by atoms with Gasteiger partial charge in [-0.1, -0.05) is 19.3 Å². The summed E-state index contributed by atoms with van der Waals surface area (Å²) in [6.07, 6.45) is 6.51. The van der Waals surface area contributed by atoms with Gasteiger partial charge in [0.2, 0.25) is 0 Å². The van der Waals surface area contributed by atoms with Gasteiger partial charge >= 0.3 is 5.97 Å². The van der Waals surface area contributed by atoms with E-state index in [4.69, 9.17) is 5.11 Å². The number of carboxylic acid groups (broad SMARTS) is 1. The Balaban J connectivity index is 2.57. The van der Waals surface area contributed by atoms with Crippen LogP contribution in [0.2, 0.25) is 0 Å². The average Bonchev–Trinajstić information content (AvgIpc) is 2.25. The summed E-state index contributed by atoms with van der Waals surface area (Å²) >= 11 is 0. The fourth-order valence-corrected chi connectivity index (χ4v) is 2.84. The second-order valence-electron chi connectivity index (χ2n) is 5.30. The minimum Gasteiger partial charge on any atom is -0.480 e. The van der Waals surface area contributed by atoms with Gasteiger partial charge in [0.15, 0.2) is 0 Å².